The topological polar surface area (TPSA) is 113 Å². The Hall–Kier alpha value is -1.90. The lowest BCUT2D eigenvalue weighted by atomic mass is 9.95. The van der Waals surface area contributed by atoms with E-state index in [1.807, 2.05) is 0 Å². The molecule has 180 valence electrons. The number of amides is 1. The summed E-state index contributed by atoms with van der Waals surface area (Å²) < 4.78 is 6.08. The molecule has 1 amide bonds. The number of aliphatic hydroxyl groups excluding tert-OH is 1. The van der Waals surface area contributed by atoms with Crippen LogP contribution in [0.15, 0.2) is 12.1 Å². The fraction of sp³-hybridized carbons (Fsp3) is 0.696. The molecular weight excluding hydrogens is 436 g/mol. The number of halogens is 1. The number of carbonyl (C=O) groups excluding carboxylic acids is 1. The molecule has 0 aromatic heterocycles. The van der Waals surface area contributed by atoms with Crippen LogP contribution in [0.5, 0.6) is 5.75 Å². The molecule has 2 unspecified atom stereocenters. The zero-order chi connectivity index (χ0) is 23.7. The zero-order valence-corrected chi connectivity index (χ0v) is 19.7. The molecule has 1 aliphatic rings. The summed E-state index contributed by atoms with van der Waals surface area (Å²) in [4.78, 5) is 23.1. The molecule has 0 heterocycles. The van der Waals surface area contributed by atoms with Crippen LogP contribution in [0.25, 0.3) is 0 Å². The van der Waals surface area contributed by atoms with Gasteiger partial charge in [0.15, 0.2) is 0 Å². The third kappa shape index (κ3) is 7.32. The second kappa shape index (κ2) is 13.0. The molecule has 0 spiro atoms. The highest BCUT2D eigenvalue weighted by molar-refractivity contribution is 6.33. The summed E-state index contributed by atoms with van der Waals surface area (Å²) in [5.41, 5.74) is -0.221. The lowest BCUT2D eigenvalue weighted by Crippen LogP contribution is -2.38. The predicted molar refractivity (Wildman–Crippen MR) is 122 cm³/mol. The number of unbranched alkanes of at least 4 members (excludes halogenated alkanes) is 1. The Labute approximate surface area is 194 Å². The number of ether oxygens (including phenoxy) is 1. The fourth-order valence-corrected chi connectivity index (χ4v) is 4.57. The second-order valence-electron chi connectivity index (χ2n) is 8.55. The molecule has 0 aliphatic heterocycles. The standard InChI is InChI=1S/C23H35ClN2O6/c1-3-4-11-18(12-8-13-21(28)25(29)17-9-6-5-7-10-17)32-20-15-14-19(26(30)31)22(16(2)27)23(20)24/h14-18,27,29H,3-13H2,1-2H3. The van der Waals surface area contributed by atoms with Gasteiger partial charge in [0.1, 0.15) is 5.75 Å². The van der Waals surface area contributed by atoms with Gasteiger partial charge in [0.25, 0.3) is 5.69 Å². The molecule has 0 saturated heterocycles. The highest BCUT2D eigenvalue weighted by Gasteiger charge is 2.26. The Morgan fingerprint density at radius 3 is 2.53 bits per heavy atom. The third-order valence-corrected chi connectivity index (χ3v) is 6.39. The van der Waals surface area contributed by atoms with E-state index in [1.165, 1.54) is 19.1 Å². The van der Waals surface area contributed by atoms with Crippen LogP contribution in [0, 0.1) is 10.1 Å². The van der Waals surface area contributed by atoms with E-state index in [4.69, 9.17) is 16.3 Å². The zero-order valence-electron chi connectivity index (χ0n) is 19.0. The van der Waals surface area contributed by atoms with E-state index >= 15 is 0 Å². The molecule has 2 atom stereocenters. The summed E-state index contributed by atoms with van der Waals surface area (Å²) >= 11 is 6.36. The van der Waals surface area contributed by atoms with Gasteiger partial charge in [-0.05, 0) is 45.1 Å². The van der Waals surface area contributed by atoms with Crippen LogP contribution < -0.4 is 4.74 Å². The maximum Gasteiger partial charge on any atom is 0.276 e. The van der Waals surface area contributed by atoms with Gasteiger partial charge in [-0.25, -0.2) is 5.06 Å². The number of nitro benzene ring substituents is 1. The van der Waals surface area contributed by atoms with Gasteiger partial charge >= 0.3 is 0 Å². The molecule has 1 saturated carbocycles. The van der Waals surface area contributed by atoms with E-state index in [0.717, 1.165) is 56.4 Å². The number of rotatable bonds is 12. The minimum absolute atomic E-state index is 0.0296. The Balaban J connectivity index is 2.01. The van der Waals surface area contributed by atoms with E-state index in [1.54, 1.807) is 0 Å². The van der Waals surface area contributed by atoms with E-state index in [-0.39, 0.29) is 46.5 Å². The largest absolute Gasteiger partial charge is 0.489 e. The summed E-state index contributed by atoms with van der Waals surface area (Å²) in [6, 6.07) is 2.66. The van der Waals surface area contributed by atoms with Crippen molar-refractivity contribution in [2.75, 3.05) is 0 Å². The number of hydrogen-bond donors (Lipinski definition) is 2. The van der Waals surface area contributed by atoms with Gasteiger partial charge < -0.3 is 9.84 Å². The molecule has 1 aromatic rings. The first-order chi connectivity index (χ1) is 15.3. The lowest BCUT2D eigenvalue weighted by Gasteiger charge is -2.29. The van der Waals surface area contributed by atoms with Gasteiger partial charge in [-0.1, -0.05) is 50.6 Å². The van der Waals surface area contributed by atoms with Crippen molar-refractivity contribution in [3.8, 4) is 5.75 Å². The van der Waals surface area contributed by atoms with Crippen LogP contribution in [-0.2, 0) is 4.79 Å². The summed E-state index contributed by atoms with van der Waals surface area (Å²) in [5.74, 6) is 0.0162. The quantitative estimate of drug-likeness (QED) is 0.221. The first-order valence-corrected chi connectivity index (χ1v) is 12.0. The van der Waals surface area contributed by atoms with Crippen molar-refractivity contribution < 1.29 is 24.8 Å². The lowest BCUT2D eigenvalue weighted by molar-refractivity contribution is -0.386. The van der Waals surface area contributed by atoms with Crippen LogP contribution in [0.3, 0.4) is 0 Å². The number of hydroxylamine groups is 2. The number of nitro groups is 1. The Kier molecular flexibility index (Phi) is 10.7. The van der Waals surface area contributed by atoms with Crippen LogP contribution in [0.4, 0.5) is 5.69 Å². The van der Waals surface area contributed by atoms with Gasteiger partial charge in [-0.15, -0.1) is 0 Å². The summed E-state index contributed by atoms with van der Waals surface area (Å²) in [7, 11) is 0. The maximum atomic E-state index is 12.4. The maximum absolute atomic E-state index is 12.4. The Bertz CT molecular complexity index is 767. The molecule has 32 heavy (non-hydrogen) atoms. The minimum atomic E-state index is -1.12. The van der Waals surface area contributed by atoms with Gasteiger partial charge in [0.05, 0.1) is 33.8 Å². The van der Waals surface area contributed by atoms with Crippen LogP contribution in [0.1, 0.15) is 96.1 Å². The average molecular weight is 471 g/mol. The third-order valence-electron chi connectivity index (χ3n) is 6.00. The van der Waals surface area contributed by atoms with E-state index in [2.05, 4.69) is 6.92 Å². The van der Waals surface area contributed by atoms with E-state index in [0.29, 0.717) is 12.8 Å². The van der Waals surface area contributed by atoms with Crippen LogP contribution in [-0.4, -0.2) is 38.4 Å². The fourth-order valence-electron chi connectivity index (χ4n) is 4.21. The van der Waals surface area contributed by atoms with Crippen molar-refractivity contribution >= 4 is 23.2 Å². The number of aliphatic hydroxyl groups is 1. The van der Waals surface area contributed by atoms with Crippen molar-refractivity contribution in [2.45, 2.75) is 103 Å². The van der Waals surface area contributed by atoms with Crippen molar-refractivity contribution in [2.24, 2.45) is 0 Å². The normalized spacial score (nSPS) is 16.4. The molecule has 2 rings (SSSR count). The van der Waals surface area contributed by atoms with Crippen molar-refractivity contribution in [1.82, 2.24) is 5.06 Å². The molecule has 1 fully saturated rings. The first kappa shape index (κ1) is 26.4. The number of carbonyl (C=O) groups is 1. The van der Waals surface area contributed by atoms with Crippen LogP contribution in [0.2, 0.25) is 5.02 Å². The van der Waals surface area contributed by atoms with E-state index < -0.39 is 11.0 Å². The summed E-state index contributed by atoms with van der Waals surface area (Å²) in [5, 5.41) is 32.4. The molecule has 8 nitrogen and oxygen atoms in total. The molecule has 1 aromatic carbocycles. The SMILES string of the molecule is CCCCC(CCCC(=O)N(O)C1CCCCC1)Oc1ccc([N+](=O)[O-])c(C(C)O)c1Cl. The average Bonchev–Trinajstić information content (AvgIpc) is 2.77. The molecule has 2 N–H and O–H groups in total. The van der Waals surface area contributed by atoms with Crippen molar-refractivity contribution in [3.63, 3.8) is 0 Å². The van der Waals surface area contributed by atoms with Gasteiger partial charge in [0, 0.05) is 12.5 Å². The van der Waals surface area contributed by atoms with Crippen molar-refractivity contribution in [1.29, 1.82) is 0 Å². The highest BCUT2D eigenvalue weighted by Crippen LogP contribution is 2.39. The Morgan fingerprint density at radius 1 is 1.28 bits per heavy atom. The van der Waals surface area contributed by atoms with Gasteiger partial charge in [-0.3, -0.25) is 20.1 Å². The number of benzene rings is 1. The van der Waals surface area contributed by atoms with E-state index in [9.17, 15) is 25.2 Å². The minimum Gasteiger partial charge on any atom is -0.489 e. The summed E-state index contributed by atoms with van der Waals surface area (Å²) in [6.45, 7) is 3.49. The molecule has 1 aliphatic carbocycles. The molecule has 0 bridgehead atoms. The molecule has 9 heteroatoms. The van der Waals surface area contributed by atoms with Crippen molar-refractivity contribution in [3.05, 3.63) is 32.8 Å². The number of nitrogens with zero attached hydrogens (tertiary/aromatic N) is 2. The number of hydrogen-bond acceptors (Lipinski definition) is 6. The van der Waals surface area contributed by atoms with Gasteiger partial charge in [-0.2, -0.15) is 0 Å². The molecule has 0 radical (unpaired) electrons. The Morgan fingerprint density at radius 2 is 1.94 bits per heavy atom. The summed E-state index contributed by atoms with van der Waals surface area (Å²) in [6.07, 6.45) is 7.54. The monoisotopic (exact) mass is 470 g/mol. The second-order valence-corrected chi connectivity index (χ2v) is 8.93. The smallest absolute Gasteiger partial charge is 0.276 e. The van der Waals surface area contributed by atoms with Gasteiger partial charge in [0.2, 0.25) is 5.91 Å². The molecular formula is C23H35ClN2O6. The predicted octanol–water partition coefficient (Wildman–Crippen LogP) is 5.96. The van der Waals surface area contributed by atoms with Crippen LogP contribution >= 0.6 is 11.6 Å². The highest BCUT2D eigenvalue weighted by atomic mass is 35.5. The first-order valence-electron chi connectivity index (χ1n) is 11.6.